The van der Waals surface area contributed by atoms with Crippen LogP contribution in [0.4, 0.5) is 14.7 Å². The molecule has 3 heterocycles. The number of rotatable bonds is 5. The lowest BCUT2D eigenvalue weighted by Crippen LogP contribution is -2.42. The van der Waals surface area contributed by atoms with Crippen molar-refractivity contribution in [3.63, 3.8) is 0 Å². The Hall–Kier alpha value is -3.27. The van der Waals surface area contributed by atoms with Gasteiger partial charge in [0.2, 0.25) is 5.95 Å². The minimum Gasteiger partial charge on any atom is -0.411 e. The molecule has 2 aliphatic rings. The summed E-state index contributed by atoms with van der Waals surface area (Å²) < 4.78 is 26.6. The number of nitrogens with zero attached hydrogens (tertiary/aromatic N) is 3. The summed E-state index contributed by atoms with van der Waals surface area (Å²) in [6, 6.07) is 0. The SMILES string of the molecule is COn1c(NC=C2C=CC(C(F)F)=CC2)nc2c(c1=O)CN(C(=O)c1c(C)sc(C)c1C)CC2. The summed E-state index contributed by atoms with van der Waals surface area (Å²) in [6.45, 7) is 6.49. The first-order valence-electron chi connectivity index (χ1n) is 10.9. The summed E-state index contributed by atoms with van der Waals surface area (Å²) in [5, 5.41) is 2.96. The fraction of sp³-hybridized carbons (Fsp3) is 0.375. The molecule has 0 unspecified atom stereocenters. The van der Waals surface area contributed by atoms with Crippen LogP contribution in [0.1, 0.15) is 43.4 Å². The van der Waals surface area contributed by atoms with Crippen molar-refractivity contribution in [2.24, 2.45) is 0 Å². The Kier molecular flexibility index (Phi) is 6.70. The number of amides is 1. The number of anilines is 1. The number of fused-ring (bicyclic) bond motifs is 1. The summed E-state index contributed by atoms with van der Waals surface area (Å²) in [7, 11) is 1.36. The third-order valence-corrected chi connectivity index (χ3v) is 7.26. The fourth-order valence-corrected chi connectivity index (χ4v) is 5.22. The number of hydrogen-bond acceptors (Lipinski definition) is 6. The van der Waals surface area contributed by atoms with Gasteiger partial charge in [-0.2, -0.15) is 0 Å². The Labute approximate surface area is 200 Å². The van der Waals surface area contributed by atoms with Crippen molar-refractivity contribution in [2.45, 2.75) is 46.6 Å². The quantitative estimate of drug-likeness (QED) is 0.690. The molecule has 1 N–H and O–H groups in total. The molecular formula is C24H26F2N4O3S. The topological polar surface area (TPSA) is 76.5 Å². The summed E-state index contributed by atoms with van der Waals surface area (Å²) in [6.07, 6.45) is 4.32. The standard InChI is InChI=1S/C24H26F2N4O3S/c1-13-14(2)34-15(3)20(13)23(32)29-10-9-19-18(12-29)22(31)30(33-4)24(28-19)27-11-16-5-7-17(8-6-16)21(25)26/h5,7-8,11,21H,6,9-10,12H2,1-4H3,(H,27,28). The molecule has 0 radical (unpaired) electrons. The number of nitrogens with one attached hydrogen (secondary N) is 1. The van der Waals surface area contributed by atoms with Gasteiger partial charge in [-0.1, -0.05) is 18.2 Å². The Morgan fingerprint density at radius 1 is 1.26 bits per heavy atom. The van der Waals surface area contributed by atoms with Gasteiger partial charge in [0.25, 0.3) is 17.9 Å². The van der Waals surface area contributed by atoms with Gasteiger partial charge in [0.05, 0.1) is 23.4 Å². The van der Waals surface area contributed by atoms with E-state index in [-0.39, 0.29) is 29.5 Å². The van der Waals surface area contributed by atoms with E-state index in [1.807, 2.05) is 20.8 Å². The highest BCUT2D eigenvalue weighted by molar-refractivity contribution is 7.12. The molecule has 0 aromatic carbocycles. The molecule has 0 saturated carbocycles. The van der Waals surface area contributed by atoms with Gasteiger partial charge in [-0.05, 0) is 38.3 Å². The molecule has 1 aliphatic carbocycles. The number of aryl methyl sites for hydroxylation is 2. The van der Waals surface area contributed by atoms with Crippen LogP contribution in [0.25, 0.3) is 0 Å². The minimum absolute atomic E-state index is 0.0139. The Morgan fingerprint density at radius 3 is 2.62 bits per heavy atom. The maximum Gasteiger partial charge on any atom is 0.293 e. The third-order valence-electron chi connectivity index (χ3n) is 6.14. The van der Waals surface area contributed by atoms with Crippen LogP contribution in [0.15, 0.2) is 40.4 Å². The van der Waals surface area contributed by atoms with E-state index in [9.17, 15) is 18.4 Å². The highest BCUT2D eigenvalue weighted by Gasteiger charge is 2.29. The van der Waals surface area contributed by atoms with Gasteiger partial charge < -0.3 is 15.1 Å². The number of alkyl halides is 2. The van der Waals surface area contributed by atoms with Crippen LogP contribution < -0.4 is 15.7 Å². The number of allylic oxidation sites excluding steroid dienone is 5. The largest absolute Gasteiger partial charge is 0.411 e. The van der Waals surface area contributed by atoms with E-state index in [0.29, 0.717) is 36.2 Å². The highest BCUT2D eigenvalue weighted by Crippen LogP contribution is 2.29. The molecule has 0 saturated heterocycles. The van der Waals surface area contributed by atoms with Crippen LogP contribution in [-0.2, 0) is 13.0 Å². The molecule has 0 bridgehead atoms. The Morgan fingerprint density at radius 2 is 2.03 bits per heavy atom. The first-order valence-corrected chi connectivity index (χ1v) is 11.7. The van der Waals surface area contributed by atoms with E-state index in [4.69, 9.17) is 4.84 Å². The minimum atomic E-state index is -2.50. The zero-order valence-electron chi connectivity index (χ0n) is 19.4. The molecule has 0 atom stereocenters. The second-order valence-electron chi connectivity index (χ2n) is 8.24. The predicted molar refractivity (Wildman–Crippen MR) is 128 cm³/mol. The van der Waals surface area contributed by atoms with E-state index < -0.39 is 6.43 Å². The molecule has 2 aromatic rings. The third kappa shape index (κ3) is 4.42. The first kappa shape index (κ1) is 23.9. The molecule has 1 amide bonds. The van der Waals surface area contributed by atoms with Gasteiger partial charge in [-0.15, -0.1) is 16.1 Å². The van der Waals surface area contributed by atoms with Gasteiger partial charge in [0.15, 0.2) is 0 Å². The Bertz CT molecular complexity index is 1290. The summed E-state index contributed by atoms with van der Waals surface area (Å²) in [5.74, 6) is 0.108. The molecule has 0 spiro atoms. The average molecular weight is 489 g/mol. The number of aromatic nitrogens is 2. The second kappa shape index (κ2) is 9.54. The number of carbonyl (C=O) groups excluding carboxylic acids is 1. The maximum atomic E-state index is 13.2. The molecule has 0 fully saturated rings. The monoisotopic (exact) mass is 488 g/mol. The number of halogens is 2. The Balaban J connectivity index is 1.57. The van der Waals surface area contributed by atoms with Gasteiger partial charge in [0, 0.05) is 34.5 Å². The van der Waals surface area contributed by atoms with Gasteiger partial charge in [-0.25, -0.2) is 13.8 Å². The number of carbonyl (C=O) groups is 1. The summed E-state index contributed by atoms with van der Waals surface area (Å²) >= 11 is 1.60. The van der Waals surface area contributed by atoms with Crippen LogP contribution in [0, 0.1) is 20.8 Å². The van der Waals surface area contributed by atoms with Crippen molar-refractivity contribution in [1.29, 1.82) is 0 Å². The van der Waals surface area contributed by atoms with E-state index in [0.717, 1.165) is 25.6 Å². The molecule has 34 heavy (non-hydrogen) atoms. The average Bonchev–Trinajstić information content (AvgIpc) is 3.08. The molecule has 1 aliphatic heterocycles. The van der Waals surface area contributed by atoms with E-state index in [1.165, 1.54) is 19.3 Å². The summed E-state index contributed by atoms with van der Waals surface area (Å²) in [5.41, 5.74) is 3.07. The second-order valence-corrected chi connectivity index (χ2v) is 9.67. The van der Waals surface area contributed by atoms with Crippen LogP contribution >= 0.6 is 11.3 Å². The van der Waals surface area contributed by atoms with Crippen LogP contribution in [0.5, 0.6) is 0 Å². The van der Waals surface area contributed by atoms with Crippen molar-refractivity contribution in [2.75, 3.05) is 19.0 Å². The van der Waals surface area contributed by atoms with Crippen molar-refractivity contribution in [1.82, 2.24) is 14.6 Å². The first-order chi connectivity index (χ1) is 16.2. The smallest absolute Gasteiger partial charge is 0.293 e. The normalized spacial score (nSPS) is 16.6. The molecule has 7 nitrogen and oxygen atoms in total. The van der Waals surface area contributed by atoms with Crippen molar-refractivity contribution in [3.8, 4) is 0 Å². The summed E-state index contributed by atoms with van der Waals surface area (Å²) in [4.78, 5) is 40.0. The predicted octanol–water partition coefficient (Wildman–Crippen LogP) is 3.93. The molecule has 2 aromatic heterocycles. The van der Waals surface area contributed by atoms with Gasteiger partial charge in [-0.3, -0.25) is 9.59 Å². The lowest BCUT2D eigenvalue weighted by atomic mass is 10.0. The molecule has 180 valence electrons. The zero-order valence-corrected chi connectivity index (χ0v) is 20.3. The highest BCUT2D eigenvalue weighted by atomic mass is 32.1. The zero-order chi connectivity index (χ0) is 24.6. The van der Waals surface area contributed by atoms with Crippen LogP contribution in [0.3, 0.4) is 0 Å². The number of thiophene rings is 1. The van der Waals surface area contributed by atoms with Crippen LogP contribution in [0.2, 0.25) is 0 Å². The lowest BCUT2D eigenvalue weighted by molar-refractivity contribution is 0.0727. The van der Waals surface area contributed by atoms with Crippen molar-refractivity contribution >= 4 is 23.2 Å². The van der Waals surface area contributed by atoms with Gasteiger partial charge >= 0.3 is 0 Å². The lowest BCUT2D eigenvalue weighted by Gasteiger charge is -2.29. The van der Waals surface area contributed by atoms with E-state index in [1.54, 1.807) is 28.5 Å². The van der Waals surface area contributed by atoms with Crippen molar-refractivity contribution < 1.29 is 18.4 Å². The van der Waals surface area contributed by atoms with Crippen molar-refractivity contribution in [3.05, 3.63) is 78.1 Å². The molecule has 4 rings (SSSR count). The van der Waals surface area contributed by atoms with Gasteiger partial charge in [0.1, 0.15) is 7.11 Å². The molecule has 10 heteroatoms. The molecular weight excluding hydrogens is 462 g/mol. The van der Waals surface area contributed by atoms with Crippen LogP contribution in [-0.4, -0.2) is 40.6 Å². The number of hydrogen-bond donors (Lipinski definition) is 1. The maximum absolute atomic E-state index is 13.2. The fourth-order valence-electron chi connectivity index (χ4n) is 4.16. The van der Waals surface area contributed by atoms with E-state index >= 15 is 0 Å². The van der Waals surface area contributed by atoms with E-state index in [2.05, 4.69) is 10.3 Å².